The van der Waals surface area contributed by atoms with Crippen LogP contribution in [0.15, 0.2) is 12.1 Å². The average Bonchev–Trinajstić information content (AvgIpc) is 2.18. The molecular formula is C9H2F9O4. The largest absolute Gasteiger partial charge is 0.573 e. The van der Waals surface area contributed by atoms with E-state index in [9.17, 15) is 44.6 Å². The third kappa shape index (κ3) is 6.05. The van der Waals surface area contributed by atoms with Crippen LogP contribution in [0.3, 0.4) is 0 Å². The highest BCUT2D eigenvalue weighted by atomic mass is 19.4. The molecule has 125 valence electrons. The van der Waals surface area contributed by atoms with Crippen molar-refractivity contribution in [2.45, 2.75) is 19.1 Å². The van der Waals surface area contributed by atoms with Gasteiger partial charge < -0.3 is 14.2 Å². The van der Waals surface area contributed by atoms with Gasteiger partial charge in [-0.05, 0) is 0 Å². The summed E-state index contributed by atoms with van der Waals surface area (Å²) < 4.78 is 117. The van der Waals surface area contributed by atoms with Crippen LogP contribution < -0.4 is 14.2 Å². The zero-order valence-corrected chi connectivity index (χ0v) is 9.69. The first kappa shape index (κ1) is 17.8. The van der Waals surface area contributed by atoms with Gasteiger partial charge in [-0.15, -0.1) is 39.5 Å². The van der Waals surface area contributed by atoms with Crippen molar-refractivity contribution >= 4 is 0 Å². The maximum atomic E-state index is 12.0. The molecule has 1 rings (SSSR count). The second-order valence-corrected chi connectivity index (χ2v) is 3.39. The third-order valence-electron chi connectivity index (χ3n) is 1.68. The lowest BCUT2D eigenvalue weighted by Gasteiger charge is -2.16. The quantitative estimate of drug-likeness (QED) is 0.757. The van der Waals surface area contributed by atoms with E-state index in [0.29, 0.717) is 0 Å². The lowest BCUT2D eigenvalue weighted by molar-refractivity contribution is -0.279. The molecule has 1 aromatic rings. The standard InChI is InChI=1S/C9H2F9O4/c10-7(11,12)20-3-1-4(21-8(13,14)15)6(19)5(2-3)22-9(16,17)18/h1-2H. The van der Waals surface area contributed by atoms with E-state index in [2.05, 4.69) is 14.2 Å². The summed E-state index contributed by atoms with van der Waals surface area (Å²) in [6, 6.07) is -0.348. The van der Waals surface area contributed by atoms with Crippen LogP contribution in [0.2, 0.25) is 0 Å². The molecule has 0 aliphatic rings. The Bertz CT molecular complexity index is 494. The maximum Gasteiger partial charge on any atom is 0.573 e. The van der Waals surface area contributed by atoms with E-state index in [4.69, 9.17) is 0 Å². The van der Waals surface area contributed by atoms with E-state index in [1.807, 2.05) is 0 Å². The Morgan fingerprint density at radius 2 is 0.955 bits per heavy atom. The van der Waals surface area contributed by atoms with E-state index in [1.165, 1.54) is 0 Å². The molecule has 1 radical (unpaired) electrons. The van der Waals surface area contributed by atoms with Crippen molar-refractivity contribution in [3.63, 3.8) is 0 Å². The minimum Gasteiger partial charge on any atom is -0.406 e. The highest BCUT2D eigenvalue weighted by molar-refractivity contribution is 5.55. The van der Waals surface area contributed by atoms with Crippen LogP contribution >= 0.6 is 0 Å². The Labute approximate surface area is 114 Å². The van der Waals surface area contributed by atoms with Crippen LogP contribution in [0.4, 0.5) is 39.5 Å². The Morgan fingerprint density at radius 1 is 0.636 bits per heavy atom. The second-order valence-electron chi connectivity index (χ2n) is 3.39. The third-order valence-corrected chi connectivity index (χ3v) is 1.68. The Kier molecular flexibility index (Phi) is 4.49. The number of ether oxygens (including phenoxy) is 3. The van der Waals surface area contributed by atoms with Crippen molar-refractivity contribution in [1.29, 1.82) is 0 Å². The minimum atomic E-state index is -5.54. The lowest BCUT2D eigenvalue weighted by Crippen LogP contribution is -2.20. The molecule has 0 aromatic heterocycles. The van der Waals surface area contributed by atoms with Gasteiger partial charge in [-0.1, -0.05) is 0 Å². The number of halogens is 9. The van der Waals surface area contributed by atoms with Gasteiger partial charge in [-0.25, -0.2) is 0 Å². The van der Waals surface area contributed by atoms with Crippen LogP contribution in [0, 0.1) is 0 Å². The molecule has 0 N–H and O–H groups in total. The Morgan fingerprint density at radius 3 is 1.23 bits per heavy atom. The molecule has 22 heavy (non-hydrogen) atoms. The first-order chi connectivity index (χ1) is 9.66. The van der Waals surface area contributed by atoms with E-state index in [0.717, 1.165) is 0 Å². The molecule has 0 spiro atoms. The average molecular weight is 345 g/mol. The van der Waals surface area contributed by atoms with Crippen molar-refractivity contribution in [1.82, 2.24) is 0 Å². The number of hydrogen-bond acceptors (Lipinski definition) is 3. The van der Waals surface area contributed by atoms with Gasteiger partial charge in [0, 0.05) is 12.1 Å². The fourth-order valence-corrected chi connectivity index (χ4v) is 1.15. The first-order valence-corrected chi connectivity index (χ1v) is 4.78. The molecule has 0 unspecified atom stereocenters. The highest BCUT2D eigenvalue weighted by Gasteiger charge is 2.38. The van der Waals surface area contributed by atoms with Gasteiger partial charge in [-0.3, -0.25) is 5.11 Å². The van der Waals surface area contributed by atoms with Crippen LogP contribution in [-0.2, 0) is 5.11 Å². The monoisotopic (exact) mass is 345 g/mol. The summed E-state index contributed by atoms with van der Waals surface area (Å²) in [5.41, 5.74) is 0. The van der Waals surface area contributed by atoms with Gasteiger partial charge in [0.15, 0.2) is 11.5 Å². The predicted octanol–water partition coefficient (Wildman–Crippen LogP) is 4.53. The zero-order chi connectivity index (χ0) is 17.3. The molecule has 0 aliphatic carbocycles. The van der Waals surface area contributed by atoms with Crippen molar-refractivity contribution < 1.29 is 58.8 Å². The maximum absolute atomic E-state index is 12.0. The van der Waals surface area contributed by atoms with E-state index in [1.54, 1.807) is 0 Å². The summed E-state index contributed by atoms with van der Waals surface area (Å²) in [7, 11) is 0. The molecule has 0 saturated heterocycles. The van der Waals surface area contributed by atoms with Gasteiger partial charge in [0.25, 0.3) is 5.75 Å². The summed E-state index contributed by atoms with van der Waals surface area (Å²) in [6.45, 7) is 0. The van der Waals surface area contributed by atoms with Crippen molar-refractivity contribution in [2.75, 3.05) is 0 Å². The molecule has 0 saturated carbocycles. The molecule has 0 fully saturated rings. The number of hydrogen-bond donors (Lipinski definition) is 0. The molecule has 0 amide bonds. The lowest BCUT2D eigenvalue weighted by atomic mass is 10.2. The normalized spacial score (nSPS) is 13.0. The van der Waals surface area contributed by atoms with Crippen molar-refractivity contribution in [2.24, 2.45) is 0 Å². The summed E-state index contributed by atoms with van der Waals surface area (Å²) in [6.07, 6.45) is -16.5. The second kappa shape index (κ2) is 5.53. The molecule has 0 heterocycles. The molecule has 1 aromatic carbocycles. The fraction of sp³-hybridized carbons (Fsp3) is 0.333. The fourth-order valence-electron chi connectivity index (χ4n) is 1.15. The van der Waals surface area contributed by atoms with Crippen LogP contribution in [-0.4, -0.2) is 19.1 Å². The Hall–Kier alpha value is -2.21. The minimum absolute atomic E-state index is 0.174. The molecule has 0 bridgehead atoms. The summed E-state index contributed by atoms with van der Waals surface area (Å²) in [5.74, 6) is -7.39. The number of benzene rings is 1. The van der Waals surface area contributed by atoms with Gasteiger partial charge in [-0.2, -0.15) is 0 Å². The smallest absolute Gasteiger partial charge is 0.406 e. The number of rotatable bonds is 3. The van der Waals surface area contributed by atoms with Crippen LogP contribution in [0.1, 0.15) is 0 Å². The van der Waals surface area contributed by atoms with E-state index in [-0.39, 0.29) is 12.1 Å². The Balaban J connectivity index is 3.30. The van der Waals surface area contributed by atoms with Gasteiger partial charge in [0.2, 0.25) is 0 Å². The molecule has 4 nitrogen and oxygen atoms in total. The first-order valence-electron chi connectivity index (χ1n) is 4.78. The number of alkyl halides is 9. The topological polar surface area (TPSA) is 47.6 Å². The van der Waals surface area contributed by atoms with Gasteiger partial charge in [0.05, 0.1) is 0 Å². The van der Waals surface area contributed by atoms with Gasteiger partial charge >= 0.3 is 19.1 Å². The summed E-state index contributed by atoms with van der Waals surface area (Å²) in [4.78, 5) is 0. The van der Waals surface area contributed by atoms with E-state index < -0.39 is 42.1 Å². The van der Waals surface area contributed by atoms with Crippen LogP contribution in [0.5, 0.6) is 23.0 Å². The highest BCUT2D eigenvalue weighted by Crippen LogP contribution is 2.45. The SMILES string of the molecule is [O]c1c(OC(F)(F)F)cc(OC(F)(F)F)cc1OC(F)(F)F. The summed E-state index contributed by atoms with van der Waals surface area (Å²) in [5, 5.41) is 11.3. The molecule has 0 atom stereocenters. The van der Waals surface area contributed by atoms with Crippen LogP contribution in [0.25, 0.3) is 0 Å². The summed E-state index contributed by atoms with van der Waals surface area (Å²) >= 11 is 0. The van der Waals surface area contributed by atoms with Crippen molar-refractivity contribution in [3.8, 4) is 23.0 Å². The van der Waals surface area contributed by atoms with Gasteiger partial charge in [0.1, 0.15) is 5.75 Å². The molecular weight excluding hydrogens is 343 g/mol. The molecule has 13 heteroatoms. The van der Waals surface area contributed by atoms with Crippen molar-refractivity contribution in [3.05, 3.63) is 12.1 Å². The zero-order valence-electron chi connectivity index (χ0n) is 9.69. The van der Waals surface area contributed by atoms with E-state index >= 15 is 0 Å². The molecule has 0 aliphatic heterocycles. The predicted molar refractivity (Wildman–Crippen MR) is 46.6 cm³/mol.